The molecule has 0 bridgehead atoms. The third kappa shape index (κ3) is 2.41. The van der Waals surface area contributed by atoms with Gasteiger partial charge in [0, 0.05) is 23.4 Å². The van der Waals surface area contributed by atoms with Crippen molar-refractivity contribution in [2.45, 2.75) is 30.9 Å². The topological polar surface area (TPSA) is 47.3 Å². The van der Waals surface area contributed by atoms with Gasteiger partial charge in [0.2, 0.25) is 0 Å². The van der Waals surface area contributed by atoms with Crippen LogP contribution >= 0.6 is 11.8 Å². The highest BCUT2D eigenvalue weighted by Crippen LogP contribution is 2.27. The van der Waals surface area contributed by atoms with Gasteiger partial charge in [-0.15, -0.1) is 0 Å². The molecule has 1 aliphatic rings. The summed E-state index contributed by atoms with van der Waals surface area (Å²) in [5.74, 6) is 2.14. The molecule has 3 rings (SSSR count). The van der Waals surface area contributed by atoms with Gasteiger partial charge in [-0.2, -0.15) is 16.9 Å². The van der Waals surface area contributed by atoms with Crippen molar-refractivity contribution in [2.75, 3.05) is 5.75 Å². The van der Waals surface area contributed by atoms with Gasteiger partial charge in [-0.05, 0) is 30.7 Å². The lowest BCUT2D eigenvalue weighted by atomic mass is 10.1. The maximum absolute atomic E-state index is 10.7. The summed E-state index contributed by atoms with van der Waals surface area (Å²) in [6, 6.07) is 3.53. The normalized spacial score (nSPS) is 20.1. The van der Waals surface area contributed by atoms with Crippen molar-refractivity contribution >= 4 is 23.7 Å². The molecule has 0 radical (unpaired) electrons. The Hall–Kier alpha value is -1.36. The van der Waals surface area contributed by atoms with E-state index in [2.05, 4.69) is 10.1 Å². The molecule has 5 heteroatoms. The van der Waals surface area contributed by atoms with Gasteiger partial charge < -0.3 is 0 Å². The third-order valence-corrected chi connectivity index (χ3v) is 4.62. The first-order chi connectivity index (χ1) is 8.85. The van der Waals surface area contributed by atoms with Crippen LogP contribution in [0, 0.1) is 0 Å². The molecule has 0 amide bonds. The van der Waals surface area contributed by atoms with E-state index in [4.69, 9.17) is 0 Å². The minimum atomic E-state index is 0.647. The maximum atomic E-state index is 10.7. The van der Waals surface area contributed by atoms with Crippen LogP contribution in [0.3, 0.4) is 0 Å². The van der Waals surface area contributed by atoms with E-state index >= 15 is 0 Å². The van der Waals surface area contributed by atoms with E-state index < -0.39 is 0 Å². The van der Waals surface area contributed by atoms with Crippen molar-refractivity contribution in [3.8, 4) is 0 Å². The van der Waals surface area contributed by atoms with Crippen molar-refractivity contribution in [1.29, 1.82) is 0 Å². The van der Waals surface area contributed by atoms with Crippen LogP contribution in [-0.4, -0.2) is 31.9 Å². The Morgan fingerprint density at radius 2 is 2.44 bits per heavy atom. The monoisotopic (exact) mass is 261 g/mol. The highest BCUT2D eigenvalue weighted by molar-refractivity contribution is 7.99. The molecule has 2 aromatic heterocycles. The van der Waals surface area contributed by atoms with E-state index in [0.717, 1.165) is 24.2 Å². The van der Waals surface area contributed by atoms with E-state index in [-0.39, 0.29) is 0 Å². The third-order valence-electron chi connectivity index (χ3n) is 3.23. The minimum absolute atomic E-state index is 0.647. The highest BCUT2D eigenvalue weighted by atomic mass is 32.2. The summed E-state index contributed by atoms with van der Waals surface area (Å²) in [6.07, 6.45) is 7.49. The quantitative estimate of drug-likeness (QED) is 0.796. The van der Waals surface area contributed by atoms with E-state index in [1.54, 1.807) is 22.8 Å². The van der Waals surface area contributed by atoms with E-state index in [0.29, 0.717) is 10.8 Å². The molecule has 18 heavy (non-hydrogen) atoms. The van der Waals surface area contributed by atoms with Crippen molar-refractivity contribution in [3.05, 3.63) is 29.7 Å². The number of nitrogens with zero attached hydrogens (tertiary/aromatic N) is 3. The molecule has 0 saturated carbocycles. The Morgan fingerprint density at radius 1 is 1.50 bits per heavy atom. The number of aldehydes is 1. The van der Waals surface area contributed by atoms with Crippen LogP contribution in [0.1, 0.15) is 35.4 Å². The zero-order chi connectivity index (χ0) is 12.4. The second kappa shape index (κ2) is 5.10. The molecule has 2 aromatic rings. The predicted molar refractivity (Wildman–Crippen MR) is 72.2 cm³/mol. The lowest BCUT2D eigenvalue weighted by Gasteiger charge is -2.19. The van der Waals surface area contributed by atoms with E-state index in [1.807, 2.05) is 11.8 Å². The van der Waals surface area contributed by atoms with Crippen LogP contribution < -0.4 is 0 Å². The van der Waals surface area contributed by atoms with Crippen LogP contribution in [-0.2, 0) is 6.42 Å². The lowest BCUT2D eigenvalue weighted by molar-refractivity contribution is 0.112. The molecule has 1 unspecified atom stereocenters. The number of hydrogen-bond acceptors (Lipinski definition) is 4. The summed E-state index contributed by atoms with van der Waals surface area (Å²) in [4.78, 5) is 15.2. The molecule has 0 N–H and O–H groups in total. The average molecular weight is 261 g/mol. The van der Waals surface area contributed by atoms with Gasteiger partial charge in [0.15, 0.2) is 11.5 Å². The fourth-order valence-electron chi connectivity index (χ4n) is 2.28. The number of rotatable bonds is 3. The van der Waals surface area contributed by atoms with Gasteiger partial charge in [-0.25, -0.2) is 9.50 Å². The van der Waals surface area contributed by atoms with Crippen LogP contribution in [0.5, 0.6) is 0 Å². The van der Waals surface area contributed by atoms with Crippen LogP contribution in [0.15, 0.2) is 18.3 Å². The largest absolute Gasteiger partial charge is 0.298 e. The molecule has 3 heterocycles. The Morgan fingerprint density at radius 3 is 3.22 bits per heavy atom. The minimum Gasteiger partial charge on any atom is -0.298 e. The molecule has 0 aliphatic carbocycles. The van der Waals surface area contributed by atoms with Crippen molar-refractivity contribution < 1.29 is 4.79 Å². The molecule has 0 spiro atoms. The molecule has 4 nitrogen and oxygen atoms in total. The second-order valence-corrected chi connectivity index (χ2v) is 6.01. The second-order valence-electron chi connectivity index (χ2n) is 4.60. The number of hydrogen-bond donors (Lipinski definition) is 0. The van der Waals surface area contributed by atoms with Crippen LogP contribution in [0.2, 0.25) is 0 Å². The molecule has 94 valence electrons. The zero-order valence-electron chi connectivity index (χ0n) is 10.1. The summed E-state index contributed by atoms with van der Waals surface area (Å²) in [5.41, 5.74) is 1.41. The van der Waals surface area contributed by atoms with Crippen molar-refractivity contribution in [1.82, 2.24) is 14.6 Å². The Kier molecular flexibility index (Phi) is 3.32. The van der Waals surface area contributed by atoms with Gasteiger partial charge >= 0.3 is 0 Å². The number of fused-ring (bicyclic) bond motifs is 1. The fourth-order valence-corrected chi connectivity index (χ4v) is 3.58. The molecular formula is C13H15N3OS. The van der Waals surface area contributed by atoms with Crippen LogP contribution in [0.25, 0.3) is 5.65 Å². The van der Waals surface area contributed by atoms with Crippen molar-refractivity contribution in [2.24, 2.45) is 0 Å². The van der Waals surface area contributed by atoms with Gasteiger partial charge in [-0.1, -0.05) is 6.42 Å². The summed E-state index contributed by atoms with van der Waals surface area (Å²) < 4.78 is 1.75. The summed E-state index contributed by atoms with van der Waals surface area (Å²) >= 11 is 2.03. The lowest BCUT2D eigenvalue weighted by Crippen LogP contribution is -2.13. The smallest absolute Gasteiger partial charge is 0.156 e. The molecule has 1 aliphatic heterocycles. The maximum Gasteiger partial charge on any atom is 0.156 e. The molecule has 1 saturated heterocycles. The Bertz CT molecular complexity index is 560. The van der Waals surface area contributed by atoms with E-state index in [9.17, 15) is 4.79 Å². The molecule has 1 fully saturated rings. The average Bonchev–Trinajstić information content (AvgIpc) is 2.80. The first-order valence-corrected chi connectivity index (χ1v) is 7.32. The standard InChI is InChI=1S/C13H15N3OS/c17-9-10-4-5-16-13(7-10)14-12(15-16)8-11-3-1-2-6-18-11/h4-5,7,9,11H,1-3,6,8H2. The fraction of sp³-hybridized carbons (Fsp3) is 0.462. The van der Waals surface area contributed by atoms with E-state index in [1.165, 1.54) is 25.0 Å². The zero-order valence-corrected chi connectivity index (χ0v) is 10.9. The highest BCUT2D eigenvalue weighted by Gasteiger charge is 2.16. The summed E-state index contributed by atoms with van der Waals surface area (Å²) in [5, 5.41) is 5.11. The first kappa shape index (κ1) is 11.7. The SMILES string of the molecule is O=Cc1ccn2nc(CC3CCCCS3)nc2c1. The van der Waals surface area contributed by atoms with Gasteiger partial charge in [0.25, 0.3) is 0 Å². The Balaban J connectivity index is 1.81. The molecule has 0 aromatic carbocycles. The predicted octanol–water partition coefficient (Wildman–Crippen LogP) is 2.37. The summed E-state index contributed by atoms with van der Waals surface area (Å²) in [7, 11) is 0. The molecular weight excluding hydrogens is 246 g/mol. The Labute approximate surface area is 110 Å². The number of thioether (sulfide) groups is 1. The summed E-state index contributed by atoms with van der Waals surface area (Å²) in [6.45, 7) is 0. The van der Waals surface area contributed by atoms with Crippen molar-refractivity contribution in [3.63, 3.8) is 0 Å². The number of carbonyl (C=O) groups excluding carboxylic acids is 1. The van der Waals surface area contributed by atoms with Gasteiger partial charge in [0.1, 0.15) is 6.29 Å². The van der Waals surface area contributed by atoms with Gasteiger partial charge in [0.05, 0.1) is 0 Å². The molecule has 1 atom stereocenters. The number of aromatic nitrogens is 3. The number of carbonyl (C=O) groups is 1. The van der Waals surface area contributed by atoms with Gasteiger partial charge in [-0.3, -0.25) is 4.79 Å². The first-order valence-electron chi connectivity index (χ1n) is 6.27. The van der Waals surface area contributed by atoms with Crippen LogP contribution in [0.4, 0.5) is 0 Å². The number of pyridine rings is 1.